The van der Waals surface area contributed by atoms with Crippen LogP contribution in [0.25, 0.3) is 5.69 Å². The zero-order valence-electron chi connectivity index (χ0n) is 8.55. The minimum absolute atomic E-state index is 0.316. The van der Waals surface area contributed by atoms with Gasteiger partial charge in [0.2, 0.25) is 0 Å². The Morgan fingerprint density at radius 1 is 1.27 bits per heavy atom. The fourth-order valence-electron chi connectivity index (χ4n) is 1.35. The van der Waals surface area contributed by atoms with Gasteiger partial charge in [-0.1, -0.05) is 26.0 Å². The molecule has 0 atom stereocenters. The van der Waals surface area contributed by atoms with Crippen LogP contribution in [0.5, 0.6) is 0 Å². The van der Waals surface area contributed by atoms with Crippen LogP contribution in [0.2, 0.25) is 0 Å². The normalized spacial score (nSPS) is 10.9. The Labute approximate surface area is 102 Å². The van der Waals surface area contributed by atoms with Gasteiger partial charge in [-0.3, -0.25) is 0 Å². The van der Waals surface area contributed by atoms with E-state index >= 15 is 0 Å². The van der Waals surface area contributed by atoms with Gasteiger partial charge in [-0.15, -0.1) is 5.10 Å². The largest absolute Gasteiger partial charge is 0.196 e. The summed E-state index contributed by atoms with van der Waals surface area (Å²) in [5, 5.41) is 11.8. The maximum absolute atomic E-state index is 4.03. The van der Waals surface area contributed by atoms with Gasteiger partial charge < -0.3 is 0 Å². The summed E-state index contributed by atoms with van der Waals surface area (Å²) >= 11 is 2.29. The third-order valence-electron chi connectivity index (χ3n) is 2.09. The third-order valence-corrected chi connectivity index (χ3v) is 3.00. The number of halogens is 1. The van der Waals surface area contributed by atoms with Crippen molar-refractivity contribution in [1.82, 2.24) is 20.2 Å². The van der Waals surface area contributed by atoms with Gasteiger partial charge in [0.15, 0.2) is 5.82 Å². The average molecular weight is 314 g/mol. The Bertz CT molecular complexity index is 464. The fraction of sp³-hybridized carbons (Fsp3) is 0.300. The quantitative estimate of drug-likeness (QED) is 0.800. The van der Waals surface area contributed by atoms with E-state index in [0.29, 0.717) is 5.92 Å². The summed E-state index contributed by atoms with van der Waals surface area (Å²) in [6, 6.07) is 8.06. The van der Waals surface area contributed by atoms with E-state index in [4.69, 9.17) is 0 Å². The van der Waals surface area contributed by atoms with E-state index in [1.165, 1.54) is 0 Å². The van der Waals surface area contributed by atoms with E-state index in [1.807, 2.05) is 24.3 Å². The summed E-state index contributed by atoms with van der Waals surface area (Å²) in [6.45, 7) is 4.16. The zero-order chi connectivity index (χ0) is 10.8. The highest BCUT2D eigenvalue weighted by Crippen LogP contribution is 2.19. The molecule has 4 nitrogen and oxygen atoms in total. The molecule has 0 saturated heterocycles. The SMILES string of the molecule is CC(C)c1nnnn1-c1ccccc1I. The molecule has 78 valence electrons. The standard InChI is InChI=1S/C10H11IN4/c1-7(2)10-12-13-14-15(10)9-6-4-3-5-8(9)11/h3-7H,1-2H3. The Morgan fingerprint density at radius 2 is 2.00 bits per heavy atom. The van der Waals surface area contributed by atoms with Gasteiger partial charge in [-0.2, -0.15) is 4.68 Å². The topological polar surface area (TPSA) is 43.6 Å². The lowest BCUT2D eigenvalue weighted by molar-refractivity contribution is 0.708. The first kappa shape index (κ1) is 10.5. The van der Waals surface area contributed by atoms with Crippen LogP contribution in [0.1, 0.15) is 25.6 Å². The van der Waals surface area contributed by atoms with E-state index in [1.54, 1.807) is 4.68 Å². The van der Waals surface area contributed by atoms with Gasteiger partial charge in [0.05, 0.1) is 5.69 Å². The lowest BCUT2D eigenvalue weighted by Gasteiger charge is -2.07. The molecular formula is C10H11IN4. The van der Waals surface area contributed by atoms with Gasteiger partial charge in [0, 0.05) is 9.49 Å². The van der Waals surface area contributed by atoms with E-state index < -0.39 is 0 Å². The minimum atomic E-state index is 0.316. The van der Waals surface area contributed by atoms with E-state index in [9.17, 15) is 0 Å². The molecule has 0 saturated carbocycles. The van der Waals surface area contributed by atoms with Crippen molar-refractivity contribution in [3.8, 4) is 5.69 Å². The second-order valence-corrected chi connectivity index (χ2v) is 4.72. The molecule has 1 heterocycles. The van der Waals surface area contributed by atoms with Gasteiger partial charge in [0.25, 0.3) is 0 Å². The van der Waals surface area contributed by atoms with Crippen molar-refractivity contribution in [1.29, 1.82) is 0 Å². The van der Waals surface area contributed by atoms with Crippen molar-refractivity contribution >= 4 is 22.6 Å². The number of nitrogens with zero attached hydrogens (tertiary/aromatic N) is 4. The molecule has 2 rings (SSSR count). The molecular weight excluding hydrogens is 303 g/mol. The van der Waals surface area contributed by atoms with Crippen molar-refractivity contribution in [3.05, 3.63) is 33.7 Å². The lowest BCUT2D eigenvalue weighted by Crippen LogP contribution is -2.06. The average Bonchev–Trinajstić information content (AvgIpc) is 2.67. The number of tetrazole rings is 1. The molecule has 1 aromatic carbocycles. The number of hydrogen-bond donors (Lipinski definition) is 0. The lowest BCUT2D eigenvalue weighted by atomic mass is 10.2. The Morgan fingerprint density at radius 3 is 2.67 bits per heavy atom. The second kappa shape index (κ2) is 4.26. The van der Waals surface area contributed by atoms with Crippen LogP contribution in [0.4, 0.5) is 0 Å². The predicted molar refractivity (Wildman–Crippen MR) is 66.0 cm³/mol. The first-order chi connectivity index (χ1) is 7.20. The number of aromatic nitrogens is 4. The molecule has 0 unspecified atom stereocenters. The molecule has 0 aliphatic carbocycles. The van der Waals surface area contributed by atoms with Crippen molar-refractivity contribution in [2.24, 2.45) is 0 Å². The number of benzene rings is 1. The van der Waals surface area contributed by atoms with E-state index in [0.717, 1.165) is 15.1 Å². The predicted octanol–water partition coefficient (Wildman–Crippen LogP) is 2.39. The molecule has 5 heteroatoms. The summed E-state index contributed by atoms with van der Waals surface area (Å²) in [6.07, 6.45) is 0. The maximum Gasteiger partial charge on any atom is 0.159 e. The molecule has 0 bridgehead atoms. The van der Waals surface area contributed by atoms with Gasteiger partial charge >= 0.3 is 0 Å². The highest BCUT2D eigenvalue weighted by atomic mass is 127. The van der Waals surface area contributed by atoms with E-state index in [2.05, 4.69) is 52.0 Å². The van der Waals surface area contributed by atoms with Crippen LogP contribution >= 0.6 is 22.6 Å². The van der Waals surface area contributed by atoms with E-state index in [-0.39, 0.29) is 0 Å². The van der Waals surface area contributed by atoms with Crippen molar-refractivity contribution in [2.75, 3.05) is 0 Å². The number of rotatable bonds is 2. The third kappa shape index (κ3) is 2.01. The Hall–Kier alpha value is -0.980. The van der Waals surface area contributed by atoms with Crippen molar-refractivity contribution in [3.63, 3.8) is 0 Å². The monoisotopic (exact) mass is 314 g/mol. The molecule has 0 radical (unpaired) electrons. The first-order valence-corrected chi connectivity index (χ1v) is 5.81. The zero-order valence-corrected chi connectivity index (χ0v) is 10.7. The summed E-state index contributed by atoms with van der Waals surface area (Å²) in [5.41, 5.74) is 1.03. The molecule has 0 aliphatic rings. The minimum Gasteiger partial charge on any atom is -0.196 e. The molecule has 0 N–H and O–H groups in total. The maximum atomic E-state index is 4.03. The molecule has 0 spiro atoms. The molecule has 0 aliphatic heterocycles. The molecule has 2 aromatic rings. The smallest absolute Gasteiger partial charge is 0.159 e. The van der Waals surface area contributed by atoms with Crippen LogP contribution < -0.4 is 0 Å². The number of para-hydroxylation sites is 1. The molecule has 1 aromatic heterocycles. The second-order valence-electron chi connectivity index (χ2n) is 3.55. The molecule has 15 heavy (non-hydrogen) atoms. The summed E-state index contributed by atoms with van der Waals surface area (Å²) in [7, 11) is 0. The summed E-state index contributed by atoms with van der Waals surface area (Å²) in [5.74, 6) is 1.20. The van der Waals surface area contributed by atoms with Crippen molar-refractivity contribution < 1.29 is 0 Å². The van der Waals surface area contributed by atoms with Gasteiger partial charge in [-0.05, 0) is 45.2 Å². The van der Waals surface area contributed by atoms with Crippen LogP contribution in [0, 0.1) is 3.57 Å². The van der Waals surface area contributed by atoms with Crippen LogP contribution in [0.3, 0.4) is 0 Å². The summed E-state index contributed by atoms with van der Waals surface area (Å²) in [4.78, 5) is 0. The highest BCUT2D eigenvalue weighted by molar-refractivity contribution is 14.1. The highest BCUT2D eigenvalue weighted by Gasteiger charge is 2.12. The fourth-order valence-corrected chi connectivity index (χ4v) is 1.97. The Balaban J connectivity index is 2.55. The first-order valence-electron chi connectivity index (χ1n) is 4.73. The van der Waals surface area contributed by atoms with Gasteiger partial charge in [-0.25, -0.2) is 0 Å². The number of hydrogen-bond acceptors (Lipinski definition) is 3. The van der Waals surface area contributed by atoms with Crippen molar-refractivity contribution in [2.45, 2.75) is 19.8 Å². The molecule has 0 fully saturated rings. The Kier molecular flexibility index (Phi) is 2.99. The summed E-state index contributed by atoms with van der Waals surface area (Å²) < 4.78 is 2.94. The van der Waals surface area contributed by atoms with Crippen LogP contribution in [0.15, 0.2) is 24.3 Å². The van der Waals surface area contributed by atoms with Crippen LogP contribution in [-0.4, -0.2) is 20.2 Å². The van der Waals surface area contributed by atoms with Gasteiger partial charge in [0.1, 0.15) is 0 Å². The molecule has 0 amide bonds. The van der Waals surface area contributed by atoms with Crippen LogP contribution in [-0.2, 0) is 0 Å².